The molecule has 0 aliphatic carbocycles. The van der Waals surface area contributed by atoms with E-state index in [0.717, 1.165) is 103 Å². The first-order valence-corrected chi connectivity index (χ1v) is 24.6. The largest absolute Gasteiger partial charge is 0.463 e. The Hall–Kier alpha value is -1.83. The lowest BCUT2D eigenvalue weighted by atomic mass is 10.0. The Bertz CT molecular complexity index is 906. The average molecular weight is 809 g/mol. The summed E-state index contributed by atoms with van der Waals surface area (Å²) in [5.74, 6) is -0.0629. The van der Waals surface area contributed by atoms with Gasteiger partial charge in [-0.1, -0.05) is 143 Å². The van der Waals surface area contributed by atoms with Gasteiger partial charge in [0.15, 0.2) is 0 Å². The second kappa shape index (κ2) is 39.6. The van der Waals surface area contributed by atoms with Gasteiger partial charge in [0, 0.05) is 19.4 Å². The van der Waals surface area contributed by atoms with Crippen LogP contribution in [0, 0.1) is 0 Å². The zero-order valence-corrected chi connectivity index (χ0v) is 39.0. The number of nitrogens with one attached hydrogen (secondary N) is 1. The molecule has 0 aliphatic heterocycles. The van der Waals surface area contributed by atoms with E-state index in [0.29, 0.717) is 19.4 Å². The van der Waals surface area contributed by atoms with Crippen LogP contribution in [0.2, 0.25) is 0 Å². The third kappa shape index (κ3) is 40.7. The van der Waals surface area contributed by atoms with Crippen molar-refractivity contribution in [2.24, 2.45) is 0 Å². The smallest absolute Gasteiger partial charge is 0.407 e. The molecule has 0 aliphatic rings. The summed E-state index contributed by atoms with van der Waals surface area (Å²) in [6.45, 7) is 17.9. The summed E-state index contributed by atoms with van der Waals surface area (Å²) in [5.41, 5.74) is -0.502. The number of carbonyl (C=O) groups is 3. The Morgan fingerprint density at radius 3 is 1.37 bits per heavy atom. The standard InChI is InChI=1S/C49H96N2O6/c1-8-11-14-17-21-27-35-44(4)55-46(52)38-31-26-33-42-51(43-34-40-50-48(54)57-49(5,6)7)41-32-25-20-24-30-39-47(53)56-45(36-28-22-18-15-12-9-2)37-29-23-19-16-13-10-3/h44-45H,8-43H2,1-7H3,(H,50,54). The minimum absolute atomic E-state index is 0.000859. The maximum Gasteiger partial charge on any atom is 0.407 e. The second-order valence-electron chi connectivity index (χ2n) is 18.0. The monoisotopic (exact) mass is 809 g/mol. The van der Waals surface area contributed by atoms with E-state index < -0.39 is 5.60 Å². The van der Waals surface area contributed by atoms with E-state index >= 15 is 0 Å². The Morgan fingerprint density at radius 2 is 0.877 bits per heavy atom. The first-order chi connectivity index (χ1) is 27.5. The third-order valence-corrected chi connectivity index (χ3v) is 10.9. The van der Waals surface area contributed by atoms with Gasteiger partial charge in [-0.15, -0.1) is 0 Å². The van der Waals surface area contributed by atoms with Gasteiger partial charge < -0.3 is 24.4 Å². The molecular weight excluding hydrogens is 713 g/mol. The molecule has 57 heavy (non-hydrogen) atoms. The van der Waals surface area contributed by atoms with Crippen molar-refractivity contribution in [2.45, 2.75) is 272 Å². The van der Waals surface area contributed by atoms with E-state index in [-0.39, 0.29) is 30.2 Å². The maximum absolute atomic E-state index is 12.8. The molecule has 8 heteroatoms. The van der Waals surface area contributed by atoms with Gasteiger partial charge in [0.05, 0.1) is 6.10 Å². The fourth-order valence-electron chi connectivity index (χ4n) is 7.43. The topological polar surface area (TPSA) is 94.2 Å². The highest BCUT2D eigenvalue weighted by atomic mass is 16.6. The Morgan fingerprint density at radius 1 is 0.491 bits per heavy atom. The van der Waals surface area contributed by atoms with Gasteiger partial charge in [0.1, 0.15) is 11.7 Å². The predicted octanol–water partition coefficient (Wildman–Crippen LogP) is 14.2. The number of alkyl carbamates (subject to hydrolysis) is 1. The fourth-order valence-corrected chi connectivity index (χ4v) is 7.43. The van der Waals surface area contributed by atoms with E-state index in [2.05, 4.69) is 31.0 Å². The van der Waals surface area contributed by atoms with Crippen molar-refractivity contribution in [3.8, 4) is 0 Å². The van der Waals surface area contributed by atoms with Crippen LogP contribution in [0.5, 0.6) is 0 Å². The number of nitrogens with zero attached hydrogens (tertiary/aromatic N) is 1. The van der Waals surface area contributed by atoms with Crippen LogP contribution < -0.4 is 5.32 Å². The van der Waals surface area contributed by atoms with Crippen molar-refractivity contribution in [1.82, 2.24) is 10.2 Å². The summed E-state index contributed by atoms with van der Waals surface area (Å²) in [4.78, 5) is 39.9. The number of ether oxygens (including phenoxy) is 3. The Labute approximate surface area is 353 Å². The minimum Gasteiger partial charge on any atom is -0.463 e. The molecule has 0 heterocycles. The van der Waals surface area contributed by atoms with E-state index in [1.807, 2.05) is 27.7 Å². The lowest BCUT2D eigenvalue weighted by Crippen LogP contribution is -2.35. The zero-order valence-electron chi connectivity index (χ0n) is 39.0. The van der Waals surface area contributed by atoms with Crippen LogP contribution >= 0.6 is 0 Å². The Kier molecular flexibility index (Phi) is 38.3. The van der Waals surface area contributed by atoms with E-state index in [4.69, 9.17) is 14.2 Å². The van der Waals surface area contributed by atoms with Crippen LogP contribution in [0.1, 0.15) is 254 Å². The number of hydrogen-bond donors (Lipinski definition) is 1. The highest BCUT2D eigenvalue weighted by Crippen LogP contribution is 2.19. The van der Waals surface area contributed by atoms with Crippen LogP contribution in [0.15, 0.2) is 0 Å². The number of amides is 1. The van der Waals surface area contributed by atoms with Gasteiger partial charge in [0.25, 0.3) is 0 Å². The molecule has 0 fully saturated rings. The van der Waals surface area contributed by atoms with Crippen molar-refractivity contribution in [3.05, 3.63) is 0 Å². The SMILES string of the molecule is CCCCCCCCC(C)OC(=O)CCCCCN(CCCCCCCC(=O)OC(CCCCCCCC)CCCCCCCC)CCCNC(=O)OC(C)(C)C. The molecule has 1 unspecified atom stereocenters. The second-order valence-corrected chi connectivity index (χ2v) is 18.0. The third-order valence-electron chi connectivity index (χ3n) is 10.9. The van der Waals surface area contributed by atoms with Crippen LogP contribution in [-0.4, -0.2) is 66.9 Å². The van der Waals surface area contributed by atoms with E-state index in [1.54, 1.807) is 0 Å². The molecule has 1 N–H and O–H groups in total. The van der Waals surface area contributed by atoms with Gasteiger partial charge in [-0.2, -0.15) is 0 Å². The van der Waals surface area contributed by atoms with Crippen LogP contribution in [0.3, 0.4) is 0 Å². The molecule has 0 saturated carbocycles. The highest BCUT2D eigenvalue weighted by molar-refractivity contribution is 5.69. The molecule has 0 saturated heterocycles. The molecule has 0 rings (SSSR count). The molecule has 0 aromatic rings. The predicted molar refractivity (Wildman–Crippen MR) is 241 cm³/mol. The van der Waals surface area contributed by atoms with Gasteiger partial charge in [-0.25, -0.2) is 4.79 Å². The van der Waals surface area contributed by atoms with Gasteiger partial charge in [-0.3, -0.25) is 9.59 Å². The number of esters is 2. The molecule has 0 spiro atoms. The van der Waals surface area contributed by atoms with Crippen molar-refractivity contribution < 1.29 is 28.6 Å². The highest BCUT2D eigenvalue weighted by Gasteiger charge is 2.17. The normalized spacial score (nSPS) is 12.3. The molecule has 8 nitrogen and oxygen atoms in total. The summed E-state index contributed by atoms with van der Waals surface area (Å²) in [6.07, 6.45) is 35.7. The molecule has 0 aromatic heterocycles. The molecule has 338 valence electrons. The number of carbonyl (C=O) groups excluding carboxylic acids is 3. The van der Waals surface area contributed by atoms with Gasteiger partial charge in [-0.05, 0) is 118 Å². The summed E-state index contributed by atoms with van der Waals surface area (Å²) >= 11 is 0. The van der Waals surface area contributed by atoms with Crippen LogP contribution in [0.4, 0.5) is 4.79 Å². The Balaban J connectivity index is 4.55. The van der Waals surface area contributed by atoms with Gasteiger partial charge >= 0.3 is 18.0 Å². The first-order valence-electron chi connectivity index (χ1n) is 24.6. The zero-order chi connectivity index (χ0) is 42.2. The number of hydrogen-bond acceptors (Lipinski definition) is 7. The summed E-state index contributed by atoms with van der Waals surface area (Å²) in [6, 6.07) is 0. The quantitative estimate of drug-likeness (QED) is 0.0373. The molecule has 0 radical (unpaired) electrons. The van der Waals surface area contributed by atoms with Crippen LogP contribution in [0.25, 0.3) is 0 Å². The molecule has 1 atom stereocenters. The maximum atomic E-state index is 12.8. The molecular formula is C49H96N2O6. The van der Waals surface area contributed by atoms with Crippen molar-refractivity contribution in [1.29, 1.82) is 0 Å². The fraction of sp³-hybridized carbons (Fsp3) is 0.939. The van der Waals surface area contributed by atoms with E-state index in [1.165, 1.54) is 109 Å². The first kappa shape index (κ1) is 55.2. The molecule has 0 aromatic carbocycles. The summed E-state index contributed by atoms with van der Waals surface area (Å²) in [5, 5.41) is 2.90. The van der Waals surface area contributed by atoms with Crippen LogP contribution in [-0.2, 0) is 23.8 Å². The number of rotatable bonds is 41. The van der Waals surface area contributed by atoms with Crippen molar-refractivity contribution >= 4 is 18.0 Å². The van der Waals surface area contributed by atoms with Crippen molar-refractivity contribution in [2.75, 3.05) is 26.2 Å². The molecule has 0 bridgehead atoms. The van der Waals surface area contributed by atoms with Gasteiger partial charge in [0.2, 0.25) is 0 Å². The summed E-state index contributed by atoms with van der Waals surface area (Å²) < 4.78 is 17.1. The van der Waals surface area contributed by atoms with E-state index in [9.17, 15) is 14.4 Å². The van der Waals surface area contributed by atoms with Crippen molar-refractivity contribution in [3.63, 3.8) is 0 Å². The minimum atomic E-state index is -0.502. The average Bonchev–Trinajstić information content (AvgIpc) is 3.15. The lowest BCUT2D eigenvalue weighted by molar-refractivity contribution is -0.150. The summed E-state index contributed by atoms with van der Waals surface area (Å²) in [7, 11) is 0. The number of unbranched alkanes of at least 4 members (excludes halogenated alkanes) is 21. The lowest BCUT2D eigenvalue weighted by Gasteiger charge is -2.23. The molecule has 1 amide bonds.